The quantitative estimate of drug-likeness (QED) is 0.391. The maximum Gasteiger partial charge on any atom is 0.265 e. The molecule has 6 heteroatoms. The number of rotatable bonds is 2. The summed E-state index contributed by atoms with van der Waals surface area (Å²) in [4.78, 5) is 3.94. The molecular weight excluding hydrogens is 423 g/mol. The molecule has 0 aromatic carbocycles. The summed E-state index contributed by atoms with van der Waals surface area (Å²) in [6.45, 7) is 0. The lowest BCUT2D eigenvalue weighted by Crippen LogP contribution is -1.99. The van der Waals surface area contributed by atoms with Gasteiger partial charge in [0.2, 0.25) is 0 Å². The SMILES string of the molecule is FC(F)c1c(I)cnc(Br)c1CBr. The first kappa shape index (κ1) is 11.8. The molecule has 0 amide bonds. The molecule has 0 aliphatic heterocycles. The number of alkyl halides is 3. The molecule has 0 aliphatic carbocycles. The number of hydrogen-bond donors (Lipinski definition) is 0. The zero-order valence-corrected chi connectivity index (χ0v) is 11.5. The van der Waals surface area contributed by atoms with E-state index < -0.39 is 6.43 Å². The lowest BCUT2D eigenvalue weighted by atomic mass is 10.2. The predicted molar refractivity (Wildman–Crippen MR) is 62.2 cm³/mol. The van der Waals surface area contributed by atoms with Gasteiger partial charge < -0.3 is 0 Å². The van der Waals surface area contributed by atoms with Gasteiger partial charge in [0.1, 0.15) is 4.60 Å². The lowest BCUT2D eigenvalue weighted by molar-refractivity contribution is 0.149. The summed E-state index contributed by atoms with van der Waals surface area (Å²) in [5.74, 6) is 0. The van der Waals surface area contributed by atoms with Crippen LogP contribution in [0.5, 0.6) is 0 Å². The second kappa shape index (κ2) is 4.97. The summed E-state index contributed by atoms with van der Waals surface area (Å²) in [6, 6.07) is 0. The molecule has 1 nitrogen and oxygen atoms in total. The normalized spacial score (nSPS) is 10.9. The monoisotopic (exact) mass is 425 g/mol. The number of halogens is 5. The maximum absolute atomic E-state index is 12.6. The van der Waals surface area contributed by atoms with Crippen molar-refractivity contribution in [3.63, 3.8) is 0 Å². The van der Waals surface area contributed by atoms with E-state index in [-0.39, 0.29) is 5.56 Å². The molecule has 1 heterocycles. The van der Waals surface area contributed by atoms with Crippen LogP contribution in [0.3, 0.4) is 0 Å². The fourth-order valence-electron chi connectivity index (χ4n) is 0.879. The zero-order chi connectivity index (χ0) is 10.0. The van der Waals surface area contributed by atoms with Crippen molar-refractivity contribution in [1.29, 1.82) is 0 Å². The van der Waals surface area contributed by atoms with Crippen LogP contribution in [0.25, 0.3) is 0 Å². The van der Waals surface area contributed by atoms with Gasteiger partial charge in [-0.15, -0.1) is 0 Å². The third kappa shape index (κ3) is 2.59. The smallest absolute Gasteiger partial charge is 0.248 e. The molecule has 0 atom stereocenters. The Balaban J connectivity index is 3.35. The van der Waals surface area contributed by atoms with Crippen LogP contribution in [0, 0.1) is 3.57 Å². The van der Waals surface area contributed by atoms with E-state index in [0.717, 1.165) is 0 Å². The molecule has 0 saturated heterocycles. The second-order valence-corrected chi connectivity index (χ2v) is 4.70. The largest absolute Gasteiger partial charge is 0.265 e. The van der Waals surface area contributed by atoms with Gasteiger partial charge in [-0.3, -0.25) is 0 Å². The zero-order valence-electron chi connectivity index (χ0n) is 6.20. The highest BCUT2D eigenvalue weighted by Crippen LogP contribution is 2.32. The van der Waals surface area contributed by atoms with Gasteiger partial charge >= 0.3 is 0 Å². The van der Waals surface area contributed by atoms with Gasteiger partial charge in [-0.05, 0) is 38.5 Å². The Morgan fingerprint density at radius 1 is 1.54 bits per heavy atom. The van der Waals surface area contributed by atoms with Gasteiger partial charge in [-0.1, -0.05) is 15.9 Å². The van der Waals surface area contributed by atoms with E-state index in [1.54, 1.807) is 0 Å². The van der Waals surface area contributed by atoms with Crippen LogP contribution in [0.2, 0.25) is 0 Å². The average Bonchev–Trinajstić information content (AvgIpc) is 2.07. The summed E-state index contributed by atoms with van der Waals surface area (Å²) in [7, 11) is 0. The van der Waals surface area contributed by atoms with Crippen LogP contribution >= 0.6 is 54.5 Å². The maximum atomic E-state index is 12.6. The van der Waals surface area contributed by atoms with Gasteiger partial charge in [0, 0.05) is 26.2 Å². The van der Waals surface area contributed by atoms with Crippen LogP contribution < -0.4 is 0 Å². The summed E-state index contributed by atoms with van der Waals surface area (Å²) in [5.41, 5.74) is 0.571. The Morgan fingerprint density at radius 2 is 2.15 bits per heavy atom. The van der Waals surface area contributed by atoms with E-state index in [0.29, 0.717) is 19.1 Å². The number of nitrogens with zero attached hydrogens (tertiary/aromatic N) is 1. The van der Waals surface area contributed by atoms with Gasteiger partial charge in [0.05, 0.1) is 0 Å². The molecule has 1 rings (SSSR count). The Kier molecular flexibility index (Phi) is 4.50. The summed E-state index contributed by atoms with van der Waals surface area (Å²) < 4.78 is 26.1. The molecule has 0 N–H and O–H groups in total. The van der Waals surface area contributed by atoms with Crippen molar-refractivity contribution in [3.05, 3.63) is 25.5 Å². The third-order valence-corrected chi connectivity index (χ3v) is 3.58. The van der Waals surface area contributed by atoms with Crippen LogP contribution in [0.4, 0.5) is 8.78 Å². The molecule has 0 radical (unpaired) electrons. The molecule has 1 aromatic heterocycles. The van der Waals surface area contributed by atoms with Crippen molar-refractivity contribution in [1.82, 2.24) is 4.98 Å². The Morgan fingerprint density at radius 3 is 2.54 bits per heavy atom. The number of pyridine rings is 1. The number of hydrogen-bond acceptors (Lipinski definition) is 1. The van der Waals surface area contributed by atoms with Crippen LogP contribution in [-0.2, 0) is 5.33 Å². The first-order valence-electron chi connectivity index (χ1n) is 3.24. The molecule has 0 saturated carbocycles. The van der Waals surface area contributed by atoms with E-state index in [1.807, 2.05) is 22.6 Å². The van der Waals surface area contributed by atoms with E-state index in [1.165, 1.54) is 6.20 Å². The molecule has 0 unspecified atom stereocenters. The molecule has 0 aliphatic rings. The summed E-state index contributed by atoms with van der Waals surface area (Å²) in [5, 5.41) is 0.372. The summed E-state index contributed by atoms with van der Waals surface area (Å²) in [6.07, 6.45) is -1.03. The second-order valence-electron chi connectivity index (χ2n) is 2.22. The summed E-state index contributed by atoms with van der Waals surface area (Å²) >= 11 is 8.14. The van der Waals surface area contributed by atoms with Crippen molar-refractivity contribution in [2.24, 2.45) is 0 Å². The molecule has 0 spiro atoms. The van der Waals surface area contributed by atoms with Crippen LogP contribution in [-0.4, -0.2) is 4.98 Å². The van der Waals surface area contributed by atoms with Crippen LogP contribution in [0.1, 0.15) is 17.6 Å². The first-order valence-corrected chi connectivity index (χ1v) is 6.24. The highest BCUT2D eigenvalue weighted by atomic mass is 127. The Labute approximate surface area is 105 Å². The van der Waals surface area contributed by atoms with Crippen molar-refractivity contribution in [2.75, 3.05) is 0 Å². The minimum atomic E-state index is -2.46. The molecule has 0 fully saturated rings. The Hall–Kier alpha value is 0.700. The molecule has 72 valence electrons. The van der Waals surface area contributed by atoms with Crippen molar-refractivity contribution < 1.29 is 8.78 Å². The van der Waals surface area contributed by atoms with E-state index in [2.05, 4.69) is 36.8 Å². The first-order chi connectivity index (χ1) is 6.07. The molecular formula is C7H4Br2F2IN. The lowest BCUT2D eigenvalue weighted by Gasteiger charge is -2.09. The van der Waals surface area contributed by atoms with Gasteiger partial charge in [-0.25, -0.2) is 13.8 Å². The fourth-order valence-corrected chi connectivity index (χ4v) is 2.98. The van der Waals surface area contributed by atoms with Gasteiger partial charge in [0.25, 0.3) is 6.43 Å². The molecule has 13 heavy (non-hydrogen) atoms. The average molecular weight is 427 g/mol. The topological polar surface area (TPSA) is 12.9 Å². The number of aromatic nitrogens is 1. The van der Waals surface area contributed by atoms with E-state index in [9.17, 15) is 8.78 Å². The predicted octanol–water partition coefficient (Wildman–Crippen LogP) is 4.28. The van der Waals surface area contributed by atoms with Gasteiger partial charge in [0.15, 0.2) is 0 Å². The molecule has 1 aromatic rings. The fraction of sp³-hybridized carbons (Fsp3) is 0.286. The van der Waals surface area contributed by atoms with Crippen molar-refractivity contribution in [3.8, 4) is 0 Å². The minimum Gasteiger partial charge on any atom is -0.248 e. The van der Waals surface area contributed by atoms with Gasteiger partial charge in [-0.2, -0.15) is 0 Å². The molecule has 0 bridgehead atoms. The standard InChI is InChI=1S/C7H4Br2F2IN/c8-1-3-5(7(10)11)4(12)2-13-6(3)9/h2,7H,1H2. The van der Waals surface area contributed by atoms with E-state index >= 15 is 0 Å². The van der Waals surface area contributed by atoms with Crippen molar-refractivity contribution in [2.45, 2.75) is 11.8 Å². The highest BCUT2D eigenvalue weighted by Gasteiger charge is 2.18. The highest BCUT2D eigenvalue weighted by molar-refractivity contribution is 14.1. The third-order valence-electron chi connectivity index (χ3n) is 1.47. The minimum absolute atomic E-state index is 0.0550. The Bertz CT molecular complexity index is 320. The van der Waals surface area contributed by atoms with Crippen LogP contribution in [0.15, 0.2) is 10.8 Å². The van der Waals surface area contributed by atoms with Crippen molar-refractivity contribution >= 4 is 54.5 Å². The van der Waals surface area contributed by atoms with E-state index in [4.69, 9.17) is 0 Å².